The number of nitrogens with one attached hydrogen (secondary N) is 1. The van der Waals surface area contributed by atoms with Gasteiger partial charge in [0.25, 0.3) is 5.56 Å². The molecule has 0 amide bonds. The molecule has 1 aromatic heterocycles. The van der Waals surface area contributed by atoms with Crippen LogP contribution in [0.4, 0.5) is 0 Å². The maximum Gasteiger partial charge on any atom is 0.343 e. The number of rotatable bonds is 2. The molecule has 0 aliphatic heterocycles. The molecule has 1 aromatic rings. The highest BCUT2D eigenvalue weighted by Crippen LogP contribution is 2.59. The van der Waals surface area contributed by atoms with Crippen LogP contribution in [0.2, 0.25) is 0 Å². The summed E-state index contributed by atoms with van der Waals surface area (Å²) in [4.78, 5) is 30.4. The van der Waals surface area contributed by atoms with Gasteiger partial charge in [-0.15, -0.1) is 0 Å². The van der Waals surface area contributed by atoms with E-state index in [-0.39, 0.29) is 5.56 Å². The van der Waals surface area contributed by atoms with E-state index in [0.717, 1.165) is 17.7 Å². The van der Waals surface area contributed by atoms with Gasteiger partial charge in [0.15, 0.2) is 0 Å². The lowest BCUT2D eigenvalue weighted by Gasteiger charge is -2.54. The lowest BCUT2D eigenvalue weighted by atomic mass is 9.51. The molecule has 0 atom stereocenters. The summed E-state index contributed by atoms with van der Waals surface area (Å²) in [5.41, 5.74) is -0.378. The van der Waals surface area contributed by atoms with E-state index >= 15 is 0 Å². The fraction of sp³-hybridized carbons (Fsp3) is 0.688. The average molecular weight is 288 g/mol. The Balaban J connectivity index is 1.74. The molecule has 2 N–H and O–H groups in total. The van der Waals surface area contributed by atoms with Gasteiger partial charge in [0, 0.05) is 5.92 Å². The first-order valence-electron chi connectivity index (χ1n) is 7.87. The standard InChI is InChI=1S/C16H20N2O3/c1-7-12(16(20)21)15(19)18-14(17-7)13-10-3-8-2-9(5-10)6-11(13)4-8/h8-11,13H,2-6H2,1H3,(H,20,21)(H,17,18,19). The summed E-state index contributed by atoms with van der Waals surface area (Å²) in [7, 11) is 0. The summed E-state index contributed by atoms with van der Waals surface area (Å²) in [6.45, 7) is 1.62. The first-order valence-corrected chi connectivity index (χ1v) is 7.87. The molecule has 4 fully saturated rings. The van der Waals surface area contributed by atoms with Crippen LogP contribution in [0.5, 0.6) is 0 Å². The second-order valence-electron chi connectivity index (χ2n) is 7.17. The van der Waals surface area contributed by atoms with Crippen LogP contribution in [-0.4, -0.2) is 21.0 Å². The summed E-state index contributed by atoms with van der Waals surface area (Å²) in [6.07, 6.45) is 6.39. The van der Waals surface area contributed by atoms with E-state index in [2.05, 4.69) is 9.97 Å². The highest BCUT2D eigenvalue weighted by Gasteiger charge is 2.49. The molecule has 0 aromatic carbocycles. The van der Waals surface area contributed by atoms with Gasteiger partial charge in [-0.25, -0.2) is 9.78 Å². The second kappa shape index (κ2) is 4.42. The maximum atomic E-state index is 12.1. The van der Waals surface area contributed by atoms with E-state index in [9.17, 15) is 9.59 Å². The minimum absolute atomic E-state index is 0.220. The Morgan fingerprint density at radius 2 is 1.71 bits per heavy atom. The molecule has 112 valence electrons. The molecule has 0 unspecified atom stereocenters. The molecule has 5 heteroatoms. The van der Waals surface area contributed by atoms with Crippen LogP contribution in [0.3, 0.4) is 0 Å². The van der Waals surface area contributed by atoms with Gasteiger partial charge in [0.2, 0.25) is 0 Å². The summed E-state index contributed by atoms with van der Waals surface area (Å²) in [5.74, 6) is 2.85. The number of hydrogen-bond donors (Lipinski definition) is 2. The SMILES string of the molecule is Cc1nc(C2C3CC4CC(C3)CC2C4)[nH]c(=O)c1C(=O)O. The van der Waals surface area contributed by atoms with Gasteiger partial charge in [-0.2, -0.15) is 0 Å². The number of carboxylic acid groups (broad SMARTS) is 1. The van der Waals surface area contributed by atoms with Crippen molar-refractivity contribution in [1.82, 2.24) is 9.97 Å². The van der Waals surface area contributed by atoms with Gasteiger partial charge >= 0.3 is 5.97 Å². The maximum absolute atomic E-state index is 12.1. The normalized spacial score (nSPS) is 36.9. The Hall–Kier alpha value is -1.65. The molecule has 5 rings (SSSR count). The van der Waals surface area contributed by atoms with Crippen molar-refractivity contribution >= 4 is 5.97 Å². The number of nitrogens with zero attached hydrogens (tertiary/aromatic N) is 1. The minimum atomic E-state index is -1.20. The highest BCUT2D eigenvalue weighted by atomic mass is 16.4. The number of aryl methyl sites for hydroxylation is 1. The zero-order valence-electron chi connectivity index (χ0n) is 12.1. The fourth-order valence-electron chi connectivity index (χ4n) is 5.39. The van der Waals surface area contributed by atoms with E-state index in [0.29, 0.717) is 23.4 Å². The molecule has 4 aliphatic rings. The Bertz CT molecular complexity index is 636. The number of H-pyrrole nitrogens is 1. The third-order valence-electron chi connectivity index (χ3n) is 5.87. The third-order valence-corrected chi connectivity index (χ3v) is 5.87. The molecule has 0 radical (unpaired) electrons. The van der Waals surface area contributed by atoms with Gasteiger partial charge in [-0.3, -0.25) is 4.79 Å². The number of aromatic amines is 1. The topological polar surface area (TPSA) is 83.0 Å². The Kier molecular flexibility index (Phi) is 2.75. The van der Waals surface area contributed by atoms with Crippen molar-refractivity contribution in [3.8, 4) is 0 Å². The molecule has 1 heterocycles. The summed E-state index contributed by atoms with van der Waals surface area (Å²) < 4.78 is 0. The Morgan fingerprint density at radius 3 is 2.19 bits per heavy atom. The fourth-order valence-corrected chi connectivity index (χ4v) is 5.39. The van der Waals surface area contributed by atoms with Crippen LogP contribution in [0, 0.1) is 30.6 Å². The first-order chi connectivity index (χ1) is 10.0. The van der Waals surface area contributed by atoms with Crippen molar-refractivity contribution in [2.75, 3.05) is 0 Å². The van der Waals surface area contributed by atoms with E-state index in [4.69, 9.17) is 5.11 Å². The van der Waals surface area contributed by atoms with Crippen LogP contribution in [0.1, 0.15) is 59.9 Å². The molecule has 4 bridgehead atoms. The van der Waals surface area contributed by atoms with Crippen LogP contribution >= 0.6 is 0 Å². The number of carbonyl (C=O) groups is 1. The van der Waals surface area contributed by atoms with Crippen molar-refractivity contribution in [2.24, 2.45) is 23.7 Å². The molecule has 0 spiro atoms. The number of carboxylic acids is 1. The lowest BCUT2D eigenvalue weighted by Crippen LogP contribution is -2.45. The van der Waals surface area contributed by atoms with Gasteiger partial charge in [0.1, 0.15) is 11.4 Å². The molecular formula is C16H20N2O3. The Labute approximate surface area is 122 Å². The predicted octanol–water partition coefficient (Wildman–Crippen LogP) is 2.32. The predicted molar refractivity (Wildman–Crippen MR) is 76.3 cm³/mol. The van der Waals surface area contributed by atoms with Crippen molar-refractivity contribution in [1.29, 1.82) is 0 Å². The van der Waals surface area contributed by atoms with E-state index < -0.39 is 11.5 Å². The summed E-state index contributed by atoms with van der Waals surface area (Å²) in [5, 5.41) is 9.09. The third kappa shape index (κ3) is 1.93. The van der Waals surface area contributed by atoms with Crippen molar-refractivity contribution < 1.29 is 9.90 Å². The molecule has 21 heavy (non-hydrogen) atoms. The van der Waals surface area contributed by atoms with Crippen molar-refractivity contribution in [3.63, 3.8) is 0 Å². The molecule has 4 saturated carbocycles. The monoisotopic (exact) mass is 288 g/mol. The van der Waals surface area contributed by atoms with Crippen molar-refractivity contribution in [3.05, 3.63) is 27.4 Å². The molecule has 0 saturated heterocycles. The number of aromatic nitrogens is 2. The number of aromatic carboxylic acids is 1. The largest absolute Gasteiger partial charge is 0.477 e. The van der Waals surface area contributed by atoms with Gasteiger partial charge in [0.05, 0.1) is 5.69 Å². The van der Waals surface area contributed by atoms with Crippen molar-refractivity contribution in [2.45, 2.75) is 44.9 Å². The highest BCUT2D eigenvalue weighted by molar-refractivity contribution is 5.88. The van der Waals surface area contributed by atoms with Crippen LogP contribution < -0.4 is 5.56 Å². The molecular weight excluding hydrogens is 268 g/mol. The first kappa shape index (κ1) is 13.0. The number of hydrogen-bond acceptors (Lipinski definition) is 3. The van der Waals surface area contributed by atoms with E-state index in [1.165, 1.54) is 32.1 Å². The minimum Gasteiger partial charge on any atom is -0.477 e. The summed E-state index contributed by atoms with van der Waals surface area (Å²) in [6, 6.07) is 0. The zero-order valence-corrected chi connectivity index (χ0v) is 12.1. The van der Waals surface area contributed by atoms with Gasteiger partial charge < -0.3 is 10.1 Å². The quantitative estimate of drug-likeness (QED) is 0.874. The van der Waals surface area contributed by atoms with E-state index in [1.807, 2.05) is 0 Å². The van der Waals surface area contributed by atoms with E-state index in [1.54, 1.807) is 6.92 Å². The lowest BCUT2D eigenvalue weighted by molar-refractivity contribution is -0.00579. The van der Waals surface area contributed by atoms with Crippen LogP contribution in [-0.2, 0) is 0 Å². The zero-order chi connectivity index (χ0) is 14.7. The second-order valence-corrected chi connectivity index (χ2v) is 7.17. The van der Waals surface area contributed by atoms with Gasteiger partial charge in [-0.05, 0) is 62.7 Å². The average Bonchev–Trinajstić information content (AvgIpc) is 2.35. The smallest absolute Gasteiger partial charge is 0.343 e. The van der Waals surface area contributed by atoms with Crippen LogP contribution in [0.15, 0.2) is 4.79 Å². The molecule has 4 aliphatic carbocycles. The summed E-state index contributed by atoms with van der Waals surface area (Å²) >= 11 is 0. The van der Waals surface area contributed by atoms with Gasteiger partial charge in [-0.1, -0.05) is 0 Å². The Morgan fingerprint density at radius 1 is 1.14 bits per heavy atom. The molecule has 5 nitrogen and oxygen atoms in total. The van der Waals surface area contributed by atoms with Crippen LogP contribution in [0.25, 0.3) is 0 Å².